The van der Waals surface area contributed by atoms with Crippen molar-refractivity contribution in [3.63, 3.8) is 0 Å². The fourth-order valence-electron chi connectivity index (χ4n) is 4.32. The zero-order valence-corrected chi connectivity index (χ0v) is 18.3. The van der Waals surface area contributed by atoms with Crippen molar-refractivity contribution in [2.24, 2.45) is 5.92 Å². The topological polar surface area (TPSA) is 108 Å². The van der Waals surface area contributed by atoms with E-state index in [1.807, 2.05) is 4.31 Å². The Labute approximate surface area is 181 Å². The van der Waals surface area contributed by atoms with E-state index in [0.717, 1.165) is 69.4 Å². The summed E-state index contributed by atoms with van der Waals surface area (Å²) in [6.45, 7) is 3.04. The molecule has 1 aliphatic carbocycles. The van der Waals surface area contributed by atoms with Gasteiger partial charge in [-0.1, -0.05) is 12.2 Å². The van der Waals surface area contributed by atoms with Gasteiger partial charge in [-0.3, -0.25) is 14.8 Å². The highest BCUT2D eigenvalue weighted by molar-refractivity contribution is 7.88. The van der Waals surface area contributed by atoms with E-state index in [2.05, 4.69) is 22.4 Å². The third kappa shape index (κ3) is 6.10. The van der Waals surface area contributed by atoms with Crippen LogP contribution in [0, 0.1) is 5.92 Å². The lowest BCUT2D eigenvalue weighted by atomic mass is 9.96. The molecule has 3 N–H and O–H groups in total. The lowest BCUT2D eigenvalue weighted by Crippen LogP contribution is -2.50. The molecule has 8 nitrogen and oxygen atoms in total. The van der Waals surface area contributed by atoms with Crippen LogP contribution in [-0.4, -0.2) is 69.3 Å². The number of carbonyl (C=O) groups excluding carboxylic acids is 2. The number of hydroxylamine groups is 1. The van der Waals surface area contributed by atoms with Gasteiger partial charge in [0, 0.05) is 48.8 Å². The number of hydrogen-bond donors (Lipinski definition) is 3. The van der Waals surface area contributed by atoms with Crippen molar-refractivity contribution < 1.29 is 19.3 Å². The van der Waals surface area contributed by atoms with Crippen LogP contribution in [0.1, 0.15) is 38.5 Å². The van der Waals surface area contributed by atoms with E-state index in [0.29, 0.717) is 6.54 Å². The van der Waals surface area contributed by atoms with Crippen LogP contribution in [0.4, 0.5) is 0 Å². The van der Waals surface area contributed by atoms with Gasteiger partial charge in [-0.25, -0.2) is 5.48 Å². The number of carbonyl (C=O) groups is 2. The average molecular weight is 437 g/mol. The highest BCUT2D eigenvalue weighted by Crippen LogP contribution is 2.27. The molecule has 2 amide bonds. The largest absolute Gasteiger partial charge is 0.598 e. The molecular formula is C21H32N4O4S. The number of allylic oxidation sites excluding steroid dienone is 3. The predicted octanol–water partition coefficient (Wildman–Crippen LogP) is 1.24. The van der Waals surface area contributed by atoms with Crippen LogP contribution in [0.5, 0.6) is 0 Å². The zero-order chi connectivity index (χ0) is 21.5. The van der Waals surface area contributed by atoms with Crippen LogP contribution in [0.15, 0.2) is 35.6 Å². The monoisotopic (exact) mass is 436 g/mol. The number of nitrogens with one attached hydrogen (secondary N) is 2. The number of rotatable bonds is 6. The van der Waals surface area contributed by atoms with Crippen molar-refractivity contribution >= 4 is 23.2 Å². The molecule has 0 spiro atoms. The summed E-state index contributed by atoms with van der Waals surface area (Å²) in [5.41, 5.74) is 3.71. The van der Waals surface area contributed by atoms with Gasteiger partial charge in [0.2, 0.25) is 5.91 Å². The SMILES string of the molecule is C[S+]([O-])N1CCCC(C(=O)NC2CCN(C3=CCCC=C3/C=C/C(=O)NO)CC2)C1. The predicted molar refractivity (Wildman–Crippen MR) is 116 cm³/mol. The molecule has 2 unspecified atom stereocenters. The fraction of sp³-hybridized carbons (Fsp3) is 0.619. The highest BCUT2D eigenvalue weighted by Gasteiger charge is 2.32. The molecule has 3 rings (SSSR count). The van der Waals surface area contributed by atoms with Crippen LogP contribution in [0.25, 0.3) is 0 Å². The molecule has 3 aliphatic rings. The summed E-state index contributed by atoms with van der Waals surface area (Å²) in [5.74, 6) is -0.548. The minimum Gasteiger partial charge on any atom is -0.598 e. The summed E-state index contributed by atoms with van der Waals surface area (Å²) in [6.07, 6.45) is 14.4. The third-order valence-corrected chi connectivity index (χ3v) is 7.05. The van der Waals surface area contributed by atoms with Crippen LogP contribution in [0.2, 0.25) is 0 Å². The molecule has 0 radical (unpaired) electrons. The molecule has 0 aromatic rings. The molecule has 9 heteroatoms. The Morgan fingerprint density at radius 2 is 1.93 bits per heavy atom. The number of hydrogen-bond acceptors (Lipinski definition) is 6. The molecular weight excluding hydrogens is 404 g/mol. The van der Waals surface area contributed by atoms with Crippen LogP contribution in [-0.2, 0) is 21.0 Å². The molecule has 0 aromatic carbocycles. The minimum atomic E-state index is -1.02. The van der Waals surface area contributed by atoms with Crippen molar-refractivity contribution in [3.8, 4) is 0 Å². The molecule has 2 saturated heterocycles. The van der Waals surface area contributed by atoms with Gasteiger partial charge in [0.15, 0.2) is 0 Å². The van der Waals surface area contributed by atoms with E-state index in [1.54, 1.807) is 17.8 Å². The van der Waals surface area contributed by atoms with E-state index >= 15 is 0 Å². The second kappa shape index (κ2) is 11.0. The fourth-order valence-corrected chi connectivity index (χ4v) is 5.10. The highest BCUT2D eigenvalue weighted by atomic mass is 32.2. The Balaban J connectivity index is 1.50. The summed E-state index contributed by atoms with van der Waals surface area (Å²) in [4.78, 5) is 26.3. The number of likely N-dealkylation sites (tertiary alicyclic amines) is 1. The normalized spacial score (nSPS) is 24.9. The van der Waals surface area contributed by atoms with Gasteiger partial charge in [0.05, 0.1) is 12.5 Å². The van der Waals surface area contributed by atoms with Gasteiger partial charge >= 0.3 is 0 Å². The number of amides is 2. The molecule has 2 fully saturated rings. The summed E-state index contributed by atoms with van der Waals surface area (Å²) in [5, 5.41) is 11.9. The van der Waals surface area contributed by atoms with Crippen molar-refractivity contribution in [1.82, 2.24) is 20.0 Å². The van der Waals surface area contributed by atoms with Gasteiger partial charge in [-0.2, -0.15) is 0 Å². The second-order valence-corrected chi connectivity index (χ2v) is 9.42. The first-order chi connectivity index (χ1) is 14.5. The van der Waals surface area contributed by atoms with Crippen LogP contribution in [0.3, 0.4) is 0 Å². The Kier molecular flexibility index (Phi) is 8.38. The van der Waals surface area contributed by atoms with Crippen LogP contribution < -0.4 is 10.8 Å². The molecule has 2 heterocycles. The molecule has 0 aromatic heterocycles. The standard InChI is InChI=1S/C21H32N4O4S/c1-30(29)25-12-4-6-17(15-25)21(27)22-18-10-13-24(14-11-18)19-7-3-2-5-16(19)8-9-20(26)23-28/h5,7-9,17-18,28H,2-4,6,10-15H2,1H3,(H,22,27)(H,23,26)/b9-8+. The maximum Gasteiger partial charge on any atom is 0.267 e. The van der Waals surface area contributed by atoms with Crippen molar-refractivity contribution in [2.45, 2.75) is 44.6 Å². The van der Waals surface area contributed by atoms with E-state index in [4.69, 9.17) is 5.21 Å². The van der Waals surface area contributed by atoms with E-state index < -0.39 is 17.3 Å². The molecule has 2 aliphatic heterocycles. The van der Waals surface area contributed by atoms with Crippen molar-refractivity contribution in [1.29, 1.82) is 0 Å². The Hall–Kier alpha value is -1.81. The van der Waals surface area contributed by atoms with Gasteiger partial charge in [-0.15, -0.1) is 4.31 Å². The molecule has 166 valence electrons. The quantitative estimate of drug-likeness (QED) is 0.250. The minimum absolute atomic E-state index is 0.0824. The Morgan fingerprint density at radius 3 is 2.63 bits per heavy atom. The van der Waals surface area contributed by atoms with Gasteiger partial charge in [0.25, 0.3) is 5.91 Å². The Bertz CT molecular complexity index is 714. The summed E-state index contributed by atoms with van der Waals surface area (Å²) < 4.78 is 13.6. The summed E-state index contributed by atoms with van der Waals surface area (Å²) in [6, 6.07) is 0.156. The van der Waals surface area contributed by atoms with Crippen molar-refractivity contribution in [2.75, 3.05) is 32.4 Å². The first kappa shape index (κ1) is 22.9. The smallest absolute Gasteiger partial charge is 0.267 e. The Morgan fingerprint density at radius 1 is 1.20 bits per heavy atom. The molecule has 2 atom stereocenters. The van der Waals surface area contributed by atoms with Gasteiger partial charge in [-0.05, 0) is 50.2 Å². The number of piperidine rings is 2. The molecule has 0 saturated carbocycles. The van der Waals surface area contributed by atoms with Gasteiger partial charge < -0.3 is 14.8 Å². The maximum absolute atomic E-state index is 12.7. The molecule has 0 bridgehead atoms. The number of nitrogens with zero attached hydrogens (tertiary/aromatic N) is 2. The summed E-state index contributed by atoms with van der Waals surface area (Å²) >= 11 is -1.02. The lowest BCUT2D eigenvalue weighted by Gasteiger charge is -2.37. The lowest BCUT2D eigenvalue weighted by molar-refractivity contribution is -0.127. The molecule has 30 heavy (non-hydrogen) atoms. The van der Waals surface area contributed by atoms with Crippen LogP contribution >= 0.6 is 0 Å². The summed E-state index contributed by atoms with van der Waals surface area (Å²) in [7, 11) is 0. The average Bonchev–Trinajstić information content (AvgIpc) is 2.78. The van der Waals surface area contributed by atoms with Gasteiger partial charge in [0.1, 0.15) is 6.26 Å². The van der Waals surface area contributed by atoms with E-state index in [1.165, 1.54) is 6.08 Å². The maximum atomic E-state index is 12.7. The van der Waals surface area contributed by atoms with E-state index in [-0.39, 0.29) is 17.9 Å². The first-order valence-corrected chi connectivity index (χ1v) is 12.2. The van der Waals surface area contributed by atoms with E-state index in [9.17, 15) is 14.1 Å². The zero-order valence-electron chi connectivity index (χ0n) is 17.5. The first-order valence-electron chi connectivity index (χ1n) is 10.6. The third-order valence-electron chi connectivity index (χ3n) is 5.99. The van der Waals surface area contributed by atoms with Crippen molar-refractivity contribution in [3.05, 3.63) is 35.6 Å². The second-order valence-electron chi connectivity index (χ2n) is 8.06.